The van der Waals surface area contributed by atoms with Gasteiger partial charge in [0.1, 0.15) is 0 Å². The van der Waals surface area contributed by atoms with E-state index in [9.17, 15) is 14.9 Å². The highest BCUT2D eigenvalue weighted by Gasteiger charge is 2.22. The first-order chi connectivity index (χ1) is 10.9. The summed E-state index contributed by atoms with van der Waals surface area (Å²) in [5.41, 5.74) is 4.37. The Labute approximate surface area is 133 Å². The van der Waals surface area contributed by atoms with Crippen molar-refractivity contribution in [2.45, 2.75) is 20.8 Å². The number of non-ortho nitro benzene ring substituents is 1. The number of benzene rings is 2. The number of hydrogen-bond acceptors (Lipinski definition) is 3. The molecule has 0 fully saturated rings. The van der Waals surface area contributed by atoms with E-state index in [4.69, 9.17) is 0 Å². The van der Waals surface area contributed by atoms with Gasteiger partial charge in [0, 0.05) is 34.3 Å². The predicted molar refractivity (Wildman–Crippen MR) is 89.0 cm³/mol. The number of fused-ring (bicyclic) bond motifs is 1. The van der Waals surface area contributed by atoms with Crippen LogP contribution >= 0.6 is 0 Å². The number of ketones is 1. The Morgan fingerprint density at radius 2 is 1.70 bits per heavy atom. The molecule has 1 aromatic heterocycles. The molecule has 0 saturated carbocycles. The number of aryl methyl sites for hydroxylation is 3. The second-order valence-corrected chi connectivity index (χ2v) is 5.71. The number of nitrogens with zero attached hydrogens (tertiary/aromatic N) is 1. The summed E-state index contributed by atoms with van der Waals surface area (Å²) in [7, 11) is 0. The van der Waals surface area contributed by atoms with Gasteiger partial charge in [0.25, 0.3) is 5.69 Å². The molecule has 1 heterocycles. The van der Waals surface area contributed by atoms with Crippen LogP contribution in [-0.2, 0) is 0 Å². The first kappa shape index (κ1) is 15.0. The molecule has 0 unspecified atom stereocenters. The van der Waals surface area contributed by atoms with Gasteiger partial charge in [0.05, 0.1) is 10.5 Å². The number of rotatable bonds is 3. The van der Waals surface area contributed by atoms with E-state index < -0.39 is 4.92 Å². The molecule has 0 radical (unpaired) electrons. The van der Waals surface area contributed by atoms with E-state index in [2.05, 4.69) is 4.98 Å². The van der Waals surface area contributed by atoms with Crippen molar-refractivity contribution in [3.05, 3.63) is 74.5 Å². The smallest absolute Gasteiger partial charge is 0.270 e. The number of nitro groups is 1. The van der Waals surface area contributed by atoms with Crippen LogP contribution in [0.5, 0.6) is 0 Å². The maximum absolute atomic E-state index is 13.1. The van der Waals surface area contributed by atoms with E-state index in [1.54, 1.807) is 6.07 Å². The molecule has 0 bridgehead atoms. The van der Waals surface area contributed by atoms with Gasteiger partial charge in [-0.15, -0.1) is 0 Å². The summed E-state index contributed by atoms with van der Waals surface area (Å²) in [6, 6.07) is 10.2. The minimum Gasteiger partial charge on any atom is -0.358 e. The minimum atomic E-state index is -0.449. The van der Waals surface area contributed by atoms with Crippen LogP contribution in [-0.4, -0.2) is 15.7 Å². The van der Waals surface area contributed by atoms with Gasteiger partial charge < -0.3 is 4.98 Å². The standard InChI is InChI=1S/C18H16N2O3/c1-10-5-4-6-11(2)16(10)18(21)17-12(3)19-15-8-7-13(20(22)23)9-14(15)17/h4-9,19H,1-3H3. The van der Waals surface area contributed by atoms with Crippen molar-refractivity contribution >= 4 is 22.4 Å². The zero-order valence-electron chi connectivity index (χ0n) is 13.1. The summed E-state index contributed by atoms with van der Waals surface area (Å²) < 4.78 is 0. The number of carbonyl (C=O) groups excluding carboxylic acids is 1. The Balaban J connectivity index is 2.27. The molecule has 0 amide bonds. The molecule has 2 aromatic carbocycles. The zero-order chi connectivity index (χ0) is 16.7. The van der Waals surface area contributed by atoms with Gasteiger partial charge in [0.15, 0.2) is 5.78 Å². The van der Waals surface area contributed by atoms with Crippen molar-refractivity contribution in [2.24, 2.45) is 0 Å². The SMILES string of the molecule is Cc1cccc(C)c1C(=O)c1c(C)[nH]c2ccc([N+](=O)[O-])cc12. The maximum atomic E-state index is 13.1. The van der Waals surface area contributed by atoms with Crippen molar-refractivity contribution < 1.29 is 9.72 Å². The molecule has 0 aliphatic heterocycles. The number of aromatic nitrogens is 1. The highest BCUT2D eigenvalue weighted by atomic mass is 16.6. The lowest BCUT2D eigenvalue weighted by Crippen LogP contribution is -2.07. The van der Waals surface area contributed by atoms with Crippen molar-refractivity contribution in [3.8, 4) is 0 Å². The van der Waals surface area contributed by atoms with E-state index in [0.29, 0.717) is 22.2 Å². The fraction of sp³-hybridized carbons (Fsp3) is 0.167. The molecule has 0 atom stereocenters. The van der Waals surface area contributed by atoms with E-state index >= 15 is 0 Å². The topological polar surface area (TPSA) is 76.0 Å². The highest BCUT2D eigenvalue weighted by Crippen LogP contribution is 2.29. The lowest BCUT2D eigenvalue weighted by Gasteiger charge is -2.09. The third kappa shape index (κ3) is 2.40. The summed E-state index contributed by atoms with van der Waals surface area (Å²) in [5, 5.41) is 11.6. The molecule has 0 aliphatic carbocycles. The van der Waals surface area contributed by atoms with Crippen molar-refractivity contribution in [1.29, 1.82) is 0 Å². The summed E-state index contributed by atoms with van der Waals surface area (Å²) in [6.07, 6.45) is 0. The molecule has 0 spiro atoms. The summed E-state index contributed by atoms with van der Waals surface area (Å²) in [5.74, 6) is -0.107. The van der Waals surface area contributed by atoms with Crippen molar-refractivity contribution in [2.75, 3.05) is 0 Å². The van der Waals surface area contributed by atoms with Gasteiger partial charge in [-0.2, -0.15) is 0 Å². The lowest BCUT2D eigenvalue weighted by atomic mass is 9.93. The van der Waals surface area contributed by atoms with Crippen molar-refractivity contribution in [3.63, 3.8) is 0 Å². The summed E-state index contributed by atoms with van der Waals surface area (Å²) in [6.45, 7) is 5.60. The van der Waals surface area contributed by atoms with Gasteiger partial charge in [-0.3, -0.25) is 14.9 Å². The van der Waals surface area contributed by atoms with Crippen LogP contribution in [0.1, 0.15) is 32.7 Å². The third-order valence-corrected chi connectivity index (χ3v) is 4.12. The molecule has 116 valence electrons. The predicted octanol–water partition coefficient (Wildman–Crippen LogP) is 4.23. The fourth-order valence-electron chi connectivity index (χ4n) is 3.02. The van der Waals surface area contributed by atoms with Crippen LogP contribution in [0.15, 0.2) is 36.4 Å². The monoisotopic (exact) mass is 308 g/mol. The van der Waals surface area contributed by atoms with Crippen LogP contribution < -0.4 is 0 Å². The van der Waals surface area contributed by atoms with E-state index in [0.717, 1.165) is 16.6 Å². The van der Waals surface area contributed by atoms with Crippen LogP contribution in [0.2, 0.25) is 0 Å². The van der Waals surface area contributed by atoms with Crippen LogP contribution in [0.3, 0.4) is 0 Å². The van der Waals surface area contributed by atoms with Crippen LogP contribution in [0, 0.1) is 30.9 Å². The number of H-pyrrole nitrogens is 1. The number of nitro benzene ring substituents is 1. The number of nitrogens with one attached hydrogen (secondary N) is 1. The first-order valence-corrected chi connectivity index (χ1v) is 7.27. The average molecular weight is 308 g/mol. The average Bonchev–Trinajstić information content (AvgIpc) is 2.81. The molecule has 1 N–H and O–H groups in total. The second kappa shape index (κ2) is 5.35. The molecule has 23 heavy (non-hydrogen) atoms. The largest absolute Gasteiger partial charge is 0.358 e. The zero-order valence-corrected chi connectivity index (χ0v) is 13.1. The van der Waals surface area contributed by atoms with Gasteiger partial charge in [-0.05, 0) is 38.0 Å². The summed E-state index contributed by atoms with van der Waals surface area (Å²) in [4.78, 5) is 26.8. The van der Waals surface area contributed by atoms with Gasteiger partial charge in [-0.25, -0.2) is 0 Å². The Morgan fingerprint density at radius 3 is 2.30 bits per heavy atom. The Kier molecular flexibility index (Phi) is 3.48. The second-order valence-electron chi connectivity index (χ2n) is 5.71. The molecule has 3 rings (SSSR count). The highest BCUT2D eigenvalue weighted by molar-refractivity contribution is 6.18. The lowest BCUT2D eigenvalue weighted by molar-refractivity contribution is -0.384. The van der Waals surface area contributed by atoms with E-state index in [1.807, 2.05) is 39.0 Å². The first-order valence-electron chi connectivity index (χ1n) is 7.27. The Hall–Kier alpha value is -2.95. The number of hydrogen-bond donors (Lipinski definition) is 1. The molecule has 0 aliphatic rings. The number of carbonyl (C=O) groups is 1. The van der Waals surface area contributed by atoms with Gasteiger partial charge in [-0.1, -0.05) is 18.2 Å². The molecular weight excluding hydrogens is 292 g/mol. The molecule has 3 aromatic rings. The van der Waals surface area contributed by atoms with E-state index in [-0.39, 0.29) is 11.5 Å². The molecule has 0 saturated heterocycles. The van der Waals surface area contributed by atoms with Gasteiger partial charge >= 0.3 is 0 Å². The summed E-state index contributed by atoms with van der Waals surface area (Å²) >= 11 is 0. The van der Waals surface area contributed by atoms with Crippen LogP contribution in [0.25, 0.3) is 10.9 Å². The van der Waals surface area contributed by atoms with Gasteiger partial charge in [0.2, 0.25) is 0 Å². The Bertz CT molecular complexity index is 934. The number of aromatic amines is 1. The normalized spacial score (nSPS) is 10.9. The Morgan fingerprint density at radius 1 is 1.04 bits per heavy atom. The third-order valence-electron chi connectivity index (χ3n) is 4.12. The maximum Gasteiger partial charge on any atom is 0.270 e. The fourth-order valence-corrected chi connectivity index (χ4v) is 3.02. The molecular formula is C18H16N2O3. The van der Waals surface area contributed by atoms with Crippen LogP contribution in [0.4, 0.5) is 5.69 Å². The molecule has 5 nitrogen and oxygen atoms in total. The molecule has 5 heteroatoms. The van der Waals surface area contributed by atoms with Crippen molar-refractivity contribution in [1.82, 2.24) is 4.98 Å². The quantitative estimate of drug-likeness (QED) is 0.447. The van der Waals surface area contributed by atoms with E-state index in [1.165, 1.54) is 12.1 Å². The minimum absolute atomic E-state index is 0.0212.